The number of thioether (sulfide) groups is 1. The molecule has 0 N–H and O–H groups in total. The van der Waals surface area contributed by atoms with Gasteiger partial charge in [0.15, 0.2) is 0 Å². The summed E-state index contributed by atoms with van der Waals surface area (Å²) in [6, 6.07) is 0. The summed E-state index contributed by atoms with van der Waals surface area (Å²) < 4.78 is 6.29. The molecule has 2 heteroatoms. The zero-order chi connectivity index (χ0) is 14.1. The van der Waals surface area contributed by atoms with Crippen molar-refractivity contribution in [3.05, 3.63) is 0 Å². The first kappa shape index (κ1) is 18.2. The van der Waals surface area contributed by atoms with Gasteiger partial charge in [-0.2, -0.15) is 0 Å². The van der Waals surface area contributed by atoms with Gasteiger partial charge < -0.3 is 0 Å². The molecular weight excluding hydrogens is 355 g/mol. The van der Waals surface area contributed by atoms with E-state index in [4.69, 9.17) is 0 Å². The van der Waals surface area contributed by atoms with Crippen LogP contribution in [-0.4, -0.2) is 26.9 Å². The summed E-state index contributed by atoms with van der Waals surface area (Å²) >= 11 is 0.552. The Kier molecular flexibility index (Phi) is 9.55. The summed E-state index contributed by atoms with van der Waals surface area (Å²) in [5.41, 5.74) is 0. The predicted octanol–water partition coefficient (Wildman–Crippen LogP) is 6.66. The molecule has 0 radical (unpaired) electrons. The van der Waals surface area contributed by atoms with Gasteiger partial charge in [-0.25, -0.2) is 0 Å². The third kappa shape index (κ3) is 5.80. The fourth-order valence-corrected chi connectivity index (χ4v) is 28.1. The van der Waals surface area contributed by atoms with Crippen molar-refractivity contribution < 1.29 is 0 Å². The molecule has 0 saturated carbocycles. The third-order valence-corrected chi connectivity index (χ3v) is 27.1. The minimum atomic E-state index is -1.87. The van der Waals surface area contributed by atoms with Crippen molar-refractivity contribution in [3.8, 4) is 0 Å². The molecule has 0 amide bonds. The molecule has 0 aliphatic carbocycles. The Labute approximate surface area is 130 Å². The Morgan fingerprint density at radius 2 is 1.32 bits per heavy atom. The molecule has 19 heavy (non-hydrogen) atoms. The van der Waals surface area contributed by atoms with Crippen LogP contribution >= 0.6 is 11.8 Å². The van der Waals surface area contributed by atoms with Crippen LogP contribution in [0.2, 0.25) is 13.3 Å². The number of hydrogen-bond donors (Lipinski definition) is 0. The van der Waals surface area contributed by atoms with Gasteiger partial charge in [-0.15, -0.1) is 0 Å². The van der Waals surface area contributed by atoms with Gasteiger partial charge in [-0.3, -0.25) is 0 Å². The number of unbranched alkanes of at least 4 members (excludes halogenated alkanes) is 3. The average molecular weight is 391 g/mol. The van der Waals surface area contributed by atoms with E-state index in [9.17, 15) is 0 Å². The second-order valence-corrected chi connectivity index (χ2v) is 23.6. The van der Waals surface area contributed by atoms with Crippen molar-refractivity contribution in [1.29, 1.82) is 0 Å². The van der Waals surface area contributed by atoms with E-state index in [1.807, 2.05) is 0 Å². The van der Waals surface area contributed by atoms with Crippen molar-refractivity contribution in [1.82, 2.24) is 0 Å². The Morgan fingerprint density at radius 3 is 1.63 bits per heavy atom. The fourth-order valence-electron chi connectivity index (χ4n) is 3.70. The van der Waals surface area contributed by atoms with Gasteiger partial charge in [0.1, 0.15) is 0 Å². The van der Waals surface area contributed by atoms with Crippen LogP contribution in [0, 0.1) is 0 Å². The quantitative estimate of drug-likeness (QED) is 0.375. The first-order valence-electron chi connectivity index (χ1n) is 8.84. The first-order chi connectivity index (χ1) is 9.18. The summed E-state index contributed by atoms with van der Waals surface area (Å²) in [5, 5.41) is 0.964. The molecule has 0 bridgehead atoms. The number of hydrogen-bond acceptors (Lipinski definition) is 1. The molecule has 1 fully saturated rings. The molecule has 0 aromatic carbocycles. The molecule has 2 unspecified atom stereocenters. The second kappa shape index (κ2) is 9.97. The van der Waals surface area contributed by atoms with Crippen molar-refractivity contribution in [3.63, 3.8) is 0 Å². The van der Waals surface area contributed by atoms with Gasteiger partial charge >= 0.3 is 131 Å². The minimum absolute atomic E-state index is 0.964. The summed E-state index contributed by atoms with van der Waals surface area (Å²) in [6.07, 6.45) is 12.0. The Morgan fingerprint density at radius 1 is 0.842 bits per heavy atom. The molecule has 0 aromatic rings. The van der Waals surface area contributed by atoms with Crippen LogP contribution in [0.3, 0.4) is 0 Å². The fraction of sp³-hybridized carbons (Fsp3) is 1.00. The molecule has 1 heterocycles. The molecule has 1 aliphatic rings. The average Bonchev–Trinajstić information content (AvgIpc) is 2.85. The molecule has 0 spiro atoms. The van der Waals surface area contributed by atoms with Gasteiger partial charge in [0.05, 0.1) is 0 Å². The summed E-state index contributed by atoms with van der Waals surface area (Å²) in [5.74, 6) is 0. The van der Waals surface area contributed by atoms with Gasteiger partial charge in [0.2, 0.25) is 0 Å². The molecule has 1 aliphatic heterocycles. The Hall–Kier alpha value is 1.15. The van der Waals surface area contributed by atoms with E-state index in [1.165, 1.54) is 48.2 Å². The van der Waals surface area contributed by atoms with E-state index < -0.39 is 18.4 Å². The first-order valence-corrected chi connectivity index (χ1v) is 17.5. The van der Waals surface area contributed by atoms with E-state index in [0.717, 1.165) is 5.25 Å². The van der Waals surface area contributed by atoms with Crippen LogP contribution < -0.4 is 0 Å². The van der Waals surface area contributed by atoms with Crippen molar-refractivity contribution in [2.75, 3.05) is 0 Å². The van der Waals surface area contributed by atoms with E-state index in [-0.39, 0.29) is 0 Å². The molecule has 1 rings (SSSR count). The summed E-state index contributed by atoms with van der Waals surface area (Å²) in [6.45, 7) is 9.64. The normalized spacial score (nSPS) is 24.0. The zero-order valence-corrected chi connectivity index (χ0v) is 17.5. The Balaban J connectivity index is 2.74. The molecule has 1 saturated heterocycles. The zero-order valence-electron chi connectivity index (χ0n) is 13.8. The van der Waals surface area contributed by atoms with Crippen molar-refractivity contribution in [2.45, 2.75) is 101 Å². The van der Waals surface area contributed by atoms with Crippen LogP contribution in [0.5, 0.6) is 0 Å². The predicted molar refractivity (Wildman–Crippen MR) is 95.0 cm³/mol. The van der Waals surface area contributed by atoms with Crippen LogP contribution in [-0.2, 0) is 0 Å². The van der Waals surface area contributed by atoms with Gasteiger partial charge in [-0.1, -0.05) is 0 Å². The molecule has 0 aromatic heterocycles. The van der Waals surface area contributed by atoms with Crippen LogP contribution in [0.1, 0.15) is 79.1 Å². The van der Waals surface area contributed by atoms with Crippen molar-refractivity contribution in [2.24, 2.45) is 0 Å². The molecule has 114 valence electrons. The summed E-state index contributed by atoms with van der Waals surface area (Å²) in [4.78, 5) is 0. The SMILES string of the molecule is CCC[CH2][Sn]([CH2]CCC)([CH2]CCC)[CH]1CCC(C)S1. The molecular formula is C17H36SSn. The molecule has 2 atom stereocenters. The topological polar surface area (TPSA) is 0 Å². The van der Waals surface area contributed by atoms with E-state index in [0.29, 0.717) is 0 Å². The maximum absolute atomic E-state index is 2.47. The van der Waals surface area contributed by atoms with Crippen molar-refractivity contribution >= 4 is 30.1 Å². The number of rotatable bonds is 10. The third-order valence-electron chi connectivity index (χ3n) is 5.00. The molecule has 0 nitrogen and oxygen atoms in total. The van der Waals surface area contributed by atoms with Gasteiger partial charge in [0.25, 0.3) is 0 Å². The van der Waals surface area contributed by atoms with E-state index in [1.54, 1.807) is 19.7 Å². The van der Waals surface area contributed by atoms with Gasteiger partial charge in [0, 0.05) is 0 Å². The Bertz CT molecular complexity index is 208. The van der Waals surface area contributed by atoms with E-state index >= 15 is 0 Å². The van der Waals surface area contributed by atoms with Crippen LogP contribution in [0.4, 0.5) is 0 Å². The monoisotopic (exact) mass is 392 g/mol. The second-order valence-electron chi connectivity index (χ2n) is 6.69. The standard InChI is InChI=1S/C5H9S.3C4H9.Sn/c1-5-3-2-4-6-5;3*1-3-4-2;/h4-5H,2-3H2,1H3;3*1,3-4H2,2H3;. The van der Waals surface area contributed by atoms with Crippen LogP contribution in [0.25, 0.3) is 0 Å². The van der Waals surface area contributed by atoms with Gasteiger partial charge in [-0.05, 0) is 0 Å². The van der Waals surface area contributed by atoms with Crippen LogP contribution in [0.15, 0.2) is 0 Å². The maximum atomic E-state index is 2.47. The summed E-state index contributed by atoms with van der Waals surface area (Å²) in [7, 11) is 0. The van der Waals surface area contributed by atoms with E-state index in [2.05, 4.69) is 39.5 Å².